The minimum atomic E-state index is -1.28. The number of imidazole rings is 1. The number of carbonyl (C=O) groups excluding carboxylic acids is 4. The molecule has 0 fully saturated rings. The maximum absolute atomic E-state index is 13.2. The van der Waals surface area contributed by atoms with Gasteiger partial charge in [-0.3, -0.25) is 24.2 Å². The van der Waals surface area contributed by atoms with Gasteiger partial charge in [0.25, 0.3) is 0 Å². The van der Waals surface area contributed by atoms with Gasteiger partial charge in [-0.2, -0.15) is 11.8 Å². The highest BCUT2D eigenvalue weighted by atomic mass is 32.2. The standard InChI is InChI=1S/C21H36N10O6S/c1-38-6-4-13(18(34)30-14(20(36)37)3-2-5-27-21(24)25)29-19(35)15(7-11-9-26-10-28-11)31-17(33)12(22)8-16(23)32/h9-10,12-15H,2-8,22H2,1H3,(H2,23,32)(H,26,28)(H,29,35)(H,30,34)(H,31,33)(H,36,37)(H4,24,25,27). The van der Waals surface area contributed by atoms with Crippen LogP contribution in [-0.4, -0.2) is 93.4 Å². The van der Waals surface area contributed by atoms with Crippen molar-refractivity contribution in [2.24, 2.45) is 27.9 Å². The minimum Gasteiger partial charge on any atom is -0.480 e. The third kappa shape index (κ3) is 12.4. The van der Waals surface area contributed by atoms with Gasteiger partial charge in [-0.15, -0.1) is 0 Å². The molecule has 38 heavy (non-hydrogen) atoms. The fraction of sp³-hybridized carbons (Fsp3) is 0.571. The van der Waals surface area contributed by atoms with Crippen LogP contribution < -0.4 is 38.9 Å². The van der Waals surface area contributed by atoms with Crippen molar-refractivity contribution in [3.8, 4) is 0 Å². The van der Waals surface area contributed by atoms with Gasteiger partial charge in [0.1, 0.15) is 18.1 Å². The van der Waals surface area contributed by atoms with Crippen LogP contribution >= 0.6 is 11.8 Å². The molecule has 0 aliphatic heterocycles. The SMILES string of the molecule is CSCCC(NC(=O)C(Cc1cnc[nH]1)NC(=O)C(N)CC(N)=O)C(=O)NC(CCCN=C(N)N)C(=O)O. The van der Waals surface area contributed by atoms with E-state index in [1.165, 1.54) is 24.3 Å². The Balaban J connectivity index is 2.99. The molecule has 16 nitrogen and oxygen atoms in total. The van der Waals surface area contributed by atoms with E-state index in [0.29, 0.717) is 17.9 Å². The molecule has 1 aromatic heterocycles. The van der Waals surface area contributed by atoms with Crippen molar-refractivity contribution in [2.45, 2.75) is 56.3 Å². The molecule has 0 aromatic carbocycles. The van der Waals surface area contributed by atoms with Crippen LogP contribution in [0, 0.1) is 0 Å². The van der Waals surface area contributed by atoms with Crippen molar-refractivity contribution in [1.82, 2.24) is 25.9 Å². The Labute approximate surface area is 223 Å². The van der Waals surface area contributed by atoms with Crippen LogP contribution in [0.1, 0.15) is 31.4 Å². The molecule has 13 N–H and O–H groups in total. The lowest BCUT2D eigenvalue weighted by molar-refractivity contribution is -0.142. The third-order valence-electron chi connectivity index (χ3n) is 5.17. The summed E-state index contributed by atoms with van der Waals surface area (Å²) in [5.41, 5.74) is 21.8. The summed E-state index contributed by atoms with van der Waals surface area (Å²) in [6.45, 7) is 0.182. The molecule has 17 heteroatoms. The second kappa shape index (κ2) is 16.8. The number of aromatic nitrogens is 2. The number of rotatable bonds is 18. The number of nitrogens with two attached hydrogens (primary N) is 4. The van der Waals surface area contributed by atoms with E-state index in [9.17, 15) is 29.1 Å². The van der Waals surface area contributed by atoms with Gasteiger partial charge in [-0.1, -0.05) is 0 Å². The highest BCUT2D eigenvalue weighted by molar-refractivity contribution is 7.98. The predicted octanol–water partition coefficient (Wildman–Crippen LogP) is -3.50. The molecule has 4 atom stereocenters. The molecule has 1 rings (SSSR count). The van der Waals surface area contributed by atoms with E-state index in [1.807, 2.05) is 6.26 Å². The maximum Gasteiger partial charge on any atom is 0.326 e. The summed E-state index contributed by atoms with van der Waals surface area (Å²) < 4.78 is 0. The minimum absolute atomic E-state index is 0.0275. The first kappa shape index (κ1) is 32.2. The van der Waals surface area contributed by atoms with Crippen molar-refractivity contribution in [1.29, 1.82) is 0 Å². The monoisotopic (exact) mass is 556 g/mol. The van der Waals surface area contributed by atoms with Gasteiger partial charge in [0.2, 0.25) is 23.6 Å². The molecule has 1 heterocycles. The van der Waals surface area contributed by atoms with E-state index >= 15 is 0 Å². The molecular formula is C21H36N10O6S. The summed E-state index contributed by atoms with van der Waals surface area (Å²) in [5, 5.41) is 17.0. The first-order valence-corrected chi connectivity index (χ1v) is 13.0. The summed E-state index contributed by atoms with van der Waals surface area (Å²) in [6.07, 6.45) is 4.72. The van der Waals surface area contributed by atoms with Crippen molar-refractivity contribution in [3.63, 3.8) is 0 Å². The number of amides is 4. The highest BCUT2D eigenvalue weighted by Gasteiger charge is 2.30. The fourth-order valence-corrected chi connectivity index (χ4v) is 3.70. The lowest BCUT2D eigenvalue weighted by atomic mass is 10.1. The summed E-state index contributed by atoms with van der Waals surface area (Å²) in [7, 11) is 0. The Morgan fingerprint density at radius 1 is 1.03 bits per heavy atom. The maximum atomic E-state index is 13.2. The Morgan fingerprint density at radius 3 is 2.21 bits per heavy atom. The number of aromatic amines is 1. The van der Waals surface area contributed by atoms with Gasteiger partial charge >= 0.3 is 5.97 Å². The fourth-order valence-electron chi connectivity index (χ4n) is 3.22. The van der Waals surface area contributed by atoms with E-state index in [4.69, 9.17) is 22.9 Å². The Morgan fingerprint density at radius 2 is 1.66 bits per heavy atom. The van der Waals surface area contributed by atoms with Gasteiger partial charge in [0.05, 0.1) is 18.8 Å². The lowest BCUT2D eigenvalue weighted by Crippen LogP contribution is -2.58. The molecule has 0 spiro atoms. The van der Waals surface area contributed by atoms with Crippen LogP contribution in [-0.2, 0) is 30.4 Å². The van der Waals surface area contributed by atoms with E-state index in [2.05, 4.69) is 30.9 Å². The molecule has 0 radical (unpaired) electrons. The van der Waals surface area contributed by atoms with Crippen LogP contribution in [0.2, 0.25) is 0 Å². The Bertz CT molecular complexity index is 970. The van der Waals surface area contributed by atoms with Crippen LogP contribution in [0.4, 0.5) is 0 Å². The lowest BCUT2D eigenvalue weighted by Gasteiger charge is -2.25. The summed E-state index contributed by atoms with van der Waals surface area (Å²) in [4.78, 5) is 71.9. The number of carboxylic acids is 1. The first-order valence-electron chi connectivity index (χ1n) is 11.6. The number of thioether (sulfide) groups is 1. The molecule has 212 valence electrons. The average molecular weight is 557 g/mol. The summed E-state index contributed by atoms with van der Waals surface area (Å²) in [5.74, 6) is -3.93. The zero-order chi connectivity index (χ0) is 28.7. The molecule has 4 amide bonds. The summed E-state index contributed by atoms with van der Waals surface area (Å²) >= 11 is 1.42. The van der Waals surface area contributed by atoms with Crippen molar-refractivity contribution >= 4 is 47.3 Å². The molecule has 4 unspecified atom stereocenters. The van der Waals surface area contributed by atoms with E-state index in [-0.39, 0.29) is 31.8 Å². The van der Waals surface area contributed by atoms with E-state index < -0.39 is 60.2 Å². The van der Waals surface area contributed by atoms with Crippen LogP contribution in [0.15, 0.2) is 17.5 Å². The molecule has 0 aliphatic rings. The van der Waals surface area contributed by atoms with Crippen molar-refractivity contribution in [3.05, 3.63) is 18.2 Å². The number of aliphatic carboxylic acids is 1. The number of guanidine groups is 1. The molecule has 1 aromatic rings. The largest absolute Gasteiger partial charge is 0.480 e. The highest BCUT2D eigenvalue weighted by Crippen LogP contribution is 2.07. The zero-order valence-corrected chi connectivity index (χ0v) is 21.8. The number of hydrogen-bond acceptors (Lipinski definition) is 9. The van der Waals surface area contributed by atoms with Crippen LogP contribution in [0.25, 0.3) is 0 Å². The van der Waals surface area contributed by atoms with E-state index in [0.717, 1.165) is 0 Å². The molecule has 0 aliphatic carbocycles. The smallest absolute Gasteiger partial charge is 0.326 e. The second-order valence-corrected chi connectivity index (χ2v) is 9.30. The van der Waals surface area contributed by atoms with E-state index in [1.54, 1.807) is 0 Å². The normalized spacial score (nSPS) is 13.8. The van der Waals surface area contributed by atoms with Gasteiger partial charge in [0.15, 0.2) is 5.96 Å². The van der Waals surface area contributed by atoms with Gasteiger partial charge in [0, 0.05) is 24.9 Å². The Hall–Kier alpha value is -3.86. The van der Waals surface area contributed by atoms with Crippen LogP contribution in [0.3, 0.4) is 0 Å². The number of carboxylic acid groups (broad SMARTS) is 1. The molecule has 0 saturated carbocycles. The van der Waals surface area contributed by atoms with Crippen molar-refractivity contribution in [2.75, 3.05) is 18.6 Å². The zero-order valence-electron chi connectivity index (χ0n) is 21.0. The number of nitrogens with zero attached hydrogens (tertiary/aromatic N) is 2. The number of aliphatic imine (C=N–C) groups is 1. The summed E-state index contributed by atoms with van der Waals surface area (Å²) in [6, 6.07) is -4.82. The number of nitrogens with one attached hydrogen (secondary N) is 4. The third-order valence-corrected chi connectivity index (χ3v) is 5.82. The predicted molar refractivity (Wildman–Crippen MR) is 140 cm³/mol. The van der Waals surface area contributed by atoms with Crippen molar-refractivity contribution < 1.29 is 29.1 Å². The number of H-pyrrole nitrogens is 1. The molecule has 0 saturated heterocycles. The molecular weight excluding hydrogens is 520 g/mol. The van der Waals surface area contributed by atoms with Gasteiger partial charge < -0.3 is 49.0 Å². The molecule has 0 bridgehead atoms. The number of carbonyl (C=O) groups is 5. The first-order chi connectivity index (χ1) is 17.9. The van der Waals surface area contributed by atoms with Gasteiger partial charge in [-0.05, 0) is 31.3 Å². The number of hydrogen-bond donors (Lipinski definition) is 9. The van der Waals surface area contributed by atoms with Crippen LogP contribution in [0.5, 0.6) is 0 Å². The topological polar surface area (TPSA) is 287 Å². The Kier molecular flexibility index (Phi) is 14.2. The van der Waals surface area contributed by atoms with Gasteiger partial charge in [-0.25, -0.2) is 9.78 Å². The average Bonchev–Trinajstić information content (AvgIpc) is 3.35. The quantitative estimate of drug-likeness (QED) is 0.0485. The second-order valence-electron chi connectivity index (χ2n) is 8.31. The number of primary amides is 1.